The third-order valence-corrected chi connectivity index (χ3v) is 3.51. The Hall–Kier alpha value is -0.900. The molecule has 1 aliphatic rings. The first-order chi connectivity index (χ1) is 7.28. The number of nitrogens with one attached hydrogen (secondary N) is 1. The van der Waals surface area contributed by atoms with Gasteiger partial charge in [0.15, 0.2) is 5.17 Å². The predicted octanol–water partition coefficient (Wildman–Crippen LogP) is 2.56. The van der Waals surface area contributed by atoms with Crippen molar-refractivity contribution in [2.45, 2.75) is 32.9 Å². The van der Waals surface area contributed by atoms with E-state index >= 15 is 0 Å². The number of aliphatic imine (C=N–C) groups is 1. The number of furan rings is 1. The minimum Gasteiger partial charge on any atom is -0.464 e. The monoisotopic (exact) mass is 224 g/mol. The highest BCUT2D eigenvalue weighted by molar-refractivity contribution is 8.14. The number of aryl methyl sites for hydroxylation is 1. The van der Waals surface area contributed by atoms with E-state index in [0.717, 1.165) is 28.9 Å². The van der Waals surface area contributed by atoms with Gasteiger partial charge in [0.25, 0.3) is 0 Å². The van der Waals surface area contributed by atoms with Crippen LogP contribution >= 0.6 is 11.8 Å². The molecule has 3 nitrogen and oxygen atoms in total. The topological polar surface area (TPSA) is 37.5 Å². The van der Waals surface area contributed by atoms with Crippen LogP contribution in [0, 0.1) is 6.92 Å². The lowest BCUT2D eigenvalue weighted by Crippen LogP contribution is -2.25. The average Bonchev–Trinajstić information content (AvgIpc) is 2.83. The Morgan fingerprint density at radius 2 is 2.47 bits per heavy atom. The predicted molar refractivity (Wildman–Crippen MR) is 64.3 cm³/mol. The van der Waals surface area contributed by atoms with E-state index < -0.39 is 0 Å². The van der Waals surface area contributed by atoms with Crippen LogP contribution in [0.25, 0.3) is 0 Å². The van der Waals surface area contributed by atoms with Crippen molar-refractivity contribution in [1.82, 2.24) is 5.32 Å². The summed E-state index contributed by atoms with van der Waals surface area (Å²) in [5.74, 6) is 3.01. The Morgan fingerprint density at radius 3 is 3.07 bits per heavy atom. The van der Waals surface area contributed by atoms with Gasteiger partial charge < -0.3 is 9.73 Å². The lowest BCUT2D eigenvalue weighted by molar-refractivity contribution is 0.486. The highest BCUT2D eigenvalue weighted by Gasteiger charge is 2.17. The Kier molecular flexibility index (Phi) is 3.36. The Morgan fingerprint density at radius 1 is 1.60 bits per heavy atom. The van der Waals surface area contributed by atoms with Crippen molar-refractivity contribution in [2.24, 2.45) is 4.99 Å². The lowest BCUT2D eigenvalue weighted by Gasteiger charge is -2.04. The molecule has 1 atom stereocenters. The molecule has 1 unspecified atom stereocenters. The van der Waals surface area contributed by atoms with Crippen LogP contribution in [0.2, 0.25) is 0 Å². The zero-order valence-electron chi connectivity index (χ0n) is 9.12. The van der Waals surface area contributed by atoms with E-state index in [-0.39, 0.29) is 0 Å². The van der Waals surface area contributed by atoms with Crippen LogP contribution in [0.15, 0.2) is 21.5 Å². The molecule has 0 saturated carbocycles. The van der Waals surface area contributed by atoms with Gasteiger partial charge in [-0.15, -0.1) is 0 Å². The largest absolute Gasteiger partial charge is 0.464 e. The van der Waals surface area contributed by atoms with Crippen LogP contribution in [-0.4, -0.2) is 17.0 Å². The van der Waals surface area contributed by atoms with E-state index in [0.29, 0.717) is 12.6 Å². The molecule has 1 N–H and O–H groups in total. The second kappa shape index (κ2) is 4.75. The van der Waals surface area contributed by atoms with Gasteiger partial charge in [-0.2, -0.15) is 0 Å². The van der Waals surface area contributed by atoms with Gasteiger partial charge >= 0.3 is 0 Å². The fourth-order valence-electron chi connectivity index (χ4n) is 1.47. The van der Waals surface area contributed by atoms with E-state index in [1.807, 2.05) is 19.1 Å². The molecule has 0 amide bonds. The number of rotatable bonds is 3. The summed E-state index contributed by atoms with van der Waals surface area (Å²) in [6, 6.07) is 4.54. The molecule has 0 radical (unpaired) electrons. The number of hydrogen-bond donors (Lipinski definition) is 1. The van der Waals surface area contributed by atoms with Crippen LogP contribution in [-0.2, 0) is 6.54 Å². The SMILES string of the molecule is CCC1CSC(=NCc2ccc(C)o2)N1. The van der Waals surface area contributed by atoms with Gasteiger partial charge in [0.1, 0.15) is 11.5 Å². The van der Waals surface area contributed by atoms with Crippen molar-refractivity contribution in [3.8, 4) is 0 Å². The molecular weight excluding hydrogens is 208 g/mol. The maximum absolute atomic E-state index is 5.45. The van der Waals surface area contributed by atoms with Crippen molar-refractivity contribution < 1.29 is 4.42 Å². The Balaban J connectivity index is 1.89. The third kappa shape index (κ3) is 2.78. The molecule has 0 spiro atoms. The second-order valence-electron chi connectivity index (χ2n) is 3.69. The molecule has 4 heteroatoms. The average molecular weight is 224 g/mol. The highest BCUT2D eigenvalue weighted by Crippen LogP contribution is 2.16. The maximum Gasteiger partial charge on any atom is 0.157 e. The van der Waals surface area contributed by atoms with Crippen LogP contribution < -0.4 is 5.32 Å². The standard InChI is InChI=1S/C11H16N2OS/c1-3-9-7-15-11(13-9)12-6-10-5-4-8(2)14-10/h4-5,9H,3,6-7H2,1-2H3,(H,12,13). The lowest BCUT2D eigenvalue weighted by atomic mass is 10.3. The number of thioether (sulfide) groups is 1. The molecule has 1 fully saturated rings. The van der Waals surface area contributed by atoms with Crippen molar-refractivity contribution in [3.63, 3.8) is 0 Å². The van der Waals surface area contributed by atoms with Crippen molar-refractivity contribution in [1.29, 1.82) is 0 Å². The summed E-state index contributed by atoms with van der Waals surface area (Å²) in [6.45, 7) is 4.78. The summed E-state index contributed by atoms with van der Waals surface area (Å²) < 4.78 is 5.45. The fraction of sp³-hybridized carbons (Fsp3) is 0.545. The van der Waals surface area contributed by atoms with Crippen LogP contribution in [0.3, 0.4) is 0 Å². The first-order valence-corrected chi connectivity index (χ1v) is 6.25. The molecule has 0 aliphatic carbocycles. The minimum atomic E-state index is 0.590. The van der Waals surface area contributed by atoms with Crippen molar-refractivity contribution in [3.05, 3.63) is 23.7 Å². The summed E-state index contributed by atoms with van der Waals surface area (Å²) >= 11 is 1.80. The number of nitrogens with zero attached hydrogens (tertiary/aromatic N) is 1. The molecule has 1 saturated heterocycles. The van der Waals surface area contributed by atoms with E-state index in [9.17, 15) is 0 Å². The van der Waals surface area contributed by atoms with E-state index in [2.05, 4.69) is 17.2 Å². The molecule has 0 bridgehead atoms. The fourth-order valence-corrected chi connectivity index (χ4v) is 2.55. The normalized spacial score (nSPS) is 23.3. The van der Waals surface area contributed by atoms with Crippen LogP contribution in [0.5, 0.6) is 0 Å². The van der Waals surface area contributed by atoms with Gasteiger partial charge in [0, 0.05) is 11.8 Å². The Bertz CT molecular complexity index is 359. The summed E-state index contributed by atoms with van der Waals surface area (Å²) in [5.41, 5.74) is 0. The minimum absolute atomic E-state index is 0.590. The summed E-state index contributed by atoms with van der Waals surface area (Å²) in [7, 11) is 0. The summed E-state index contributed by atoms with van der Waals surface area (Å²) in [6.07, 6.45) is 1.16. The van der Waals surface area contributed by atoms with Gasteiger partial charge in [-0.3, -0.25) is 4.99 Å². The van der Waals surface area contributed by atoms with Crippen molar-refractivity contribution in [2.75, 3.05) is 5.75 Å². The highest BCUT2D eigenvalue weighted by atomic mass is 32.2. The zero-order valence-corrected chi connectivity index (χ0v) is 9.93. The summed E-state index contributed by atoms with van der Waals surface area (Å²) in [5, 5.41) is 4.44. The zero-order chi connectivity index (χ0) is 10.7. The molecule has 1 aliphatic heterocycles. The molecule has 2 rings (SSSR count). The van der Waals surface area contributed by atoms with Gasteiger partial charge in [0.05, 0.1) is 6.54 Å². The molecule has 15 heavy (non-hydrogen) atoms. The van der Waals surface area contributed by atoms with Gasteiger partial charge in [0.2, 0.25) is 0 Å². The Labute approximate surface area is 94.3 Å². The first kappa shape index (κ1) is 10.6. The molecule has 82 valence electrons. The number of hydrogen-bond acceptors (Lipinski definition) is 3. The molecule has 2 heterocycles. The molecule has 1 aromatic rings. The second-order valence-corrected chi connectivity index (χ2v) is 4.70. The molecule has 0 aromatic carbocycles. The van der Waals surface area contributed by atoms with Crippen LogP contribution in [0.4, 0.5) is 0 Å². The van der Waals surface area contributed by atoms with E-state index in [1.54, 1.807) is 11.8 Å². The summed E-state index contributed by atoms with van der Waals surface area (Å²) in [4.78, 5) is 4.48. The number of amidine groups is 1. The van der Waals surface area contributed by atoms with Gasteiger partial charge in [-0.05, 0) is 25.5 Å². The van der Waals surface area contributed by atoms with Crippen LogP contribution in [0.1, 0.15) is 24.9 Å². The van der Waals surface area contributed by atoms with E-state index in [1.165, 1.54) is 0 Å². The maximum atomic E-state index is 5.45. The van der Waals surface area contributed by atoms with Gasteiger partial charge in [-0.1, -0.05) is 18.7 Å². The molecule has 1 aromatic heterocycles. The van der Waals surface area contributed by atoms with Gasteiger partial charge in [-0.25, -0.2) is 0 Å². The third-order valence-electron chi connectivity index (χ3n) is 2.42. The van der Waals surface area contributed by atoms with Crippen molar-refractivity contribution >= 4 is 16.9 Å². The van der Waals surface area contributed by atoms with E-state index in [4.69, 9.17) is 4.42 Å². The molecular formula is C11H16N2OS. The smallest absolute Gasteiger partial charge is 0.157 e. The quantitative estimate of drug-likeness (QED) is 0.857. The first-order valence-electron chi connectivity index (χ1n) is 5.27.